The number of thiophene rings is 1. The summed E-state index contributed by atoms with van der Waals surface area (Å²) < 4.78 is 0. The van der Waals surface area contributed by atoms with Crippen molar-refractivity contribution in [1.29, 1.82) is 0 Å². The van der Waals surface area contributed by atoms with Crippen molar-refractivity contribution in [3.8, 4) is 0 Å². The van der Waals surface area contributed by atoms with Gasteiger partial charge in [0, 0.05) is 29.2 Å². The number of anilines is 1. The topological polar surface area (TPSA) is 105 Å². The Morgan fingerprint density at radius 1 is 1.27 bits per heavy atom. The van der Waals surface area contributed by atoms with Crippen LogP contribution in [0.3, 0.4) is 0 Å². The molecule has 2 heterocycles. The van der Waals surface area contributed by atoms with E-state index >= 15 is 0 Å². The molecule has 0 bridgehead atoms. The summed E-state index contributed by atoms with van der Waals surface area (Å²) in [4.78, 5) is 40.5. The van der Waals surface area contributed by atoms with Crippen molar-refractivity contribution in [1.82, 2.24) is 10.2 Å². The molecular formula is C22H28N4O3S. The zero-order chi connectivity index (χ0) is 21.8. The molecule has 2 atom stereocenters. The van der Waals surface area contributed by atoms with Gasteiger partial charge >= 0.3 is 6.03 Å². The fraction of sp³-hybridized carbons (Fsp3) is 0.409. The number of benzene rings is 1. The van der Waals surface area contributed by atoms with Crippen molar-refractivity contribution in [2.24, 2.45) is 11.7 Å². The molecule has 30 heavy (non-hydrogen) atoms. The predicted octanol–water partition coefficient (Wildman–Crippen LogP) is 3.28. The summed E-state index contributed by atoms with van der Waals surface area (Å²) in [5.74, 6) is -0.485. The molecular weight excluding hydrogens is 400 g/mol. The number of carbonyl (C=O) groups excluding carboxylic acids is 3. The van der Waals surface area contributed by atoms with Gasteiger partial charge in [0.05, 0.1) is 0 Å². The Bertz CT molecular complexity index is 956. The Kier molecular flexibility index (Phi) is 6.77. The molecule has 0 saturated heterocycles. The Morgan fingerprint density at radius 3 is 2.73 bits per heavy atom. The molecule has 2 unspecified atom stereocenters. The highest BCUT2D eigenvalue weighted by Gasteiger charge is 2.27. The summed E-state index contributed by atoms with van der Waals surface area (Å²) in [6, 6.07) is 5.89. The van der Waals surface area contributed by atoms with E-state index < -0.39 is 12.1 Å². The highest BCUT2D eigenvalue weighted by molar-refractivity contribution is 7.10. The van der Waals surface area contributed by atoms with E-state index in [1.807, 2.05) is 25.7 Å². The van der Waals surface area contributed by atoms with Gasteiger partial charge < -0.3 is 21.3 Å². The standard InChI is InChI=1S/C22H28N4O3S/c1-4-13(2)19(25-22(23)29)20(27)24-17-7-5-6-16(14(17)3)21(28)26-10-8-18-15(12-26)9-11-30-18/h5-7,9,11,13,19H,4,8,10,12H2,1-3H3,(H,24,27)(H3,23,25,29). The lowest BCUT2D eigenvalue weighted by Crippen LogP contribution is -2.49. The number of primary amides is 1. The lowest BCUT2D eigenvalue weighted by atomic mass is 9.97. The summed E-state index contributed by atoms with van der Waals surface area (Å²) in [7, 11) is 0. The summed E-state index contributed by atoms with van der Waals surface area (Å²) >= 11 is 1.73. The van der Waals surface area contributed by atoms with Crippen LogP contribution in [0, 0.1) is 12.8 Å². The number of amides is 4. The minimum atomic E-state index is -0.745. The minimum absolute atomic E-state index is 0.0470. The molecule has 0 fully saturated rings. The lowest BCUT2D eigenvalue weighted by Gasteiger charge is -2.28. The largest absolute Gasteiger partial charge is 0.352 e. The SMILES string of the molecule is CCC(C)C(NC(N)=O)C(=O)Nc1cccc(C(=O)N2CCc3sccc3C2)c1C. The second-order valence-electron chi connectivity index (χ2n) is 7.68. The monoisotopic (exact) mass is 428 g/mol. The van der Waals surface area contributed by atoms with E-state index in [2.05, 4.69) is 22.1 Å². The Hall–Kier alpha value is -2.87. The molecule has 1 aromatic carbocycles. The molecule has 160 valence electrons. The molecule has 1 aliphatic heterocycles. The smallest absolute Gasteiger partial charge is 0.312 e. The van der Waals surface area contributed by atoms with E-state index in [0.717, 1.165) is 6.42 Å². The van der Waals surface area contributed by atoms with Crippen LogP contribution in [0.5, 0.6) is 0 Å². The van der Waals surface area contributed by atoms with Crippen molar-refractivity contribution in [3.05, 3.63) is 51.2 Å². The van der Waals surface area contributed by atoms with Crippen molar-refractivity contribution in [3.63, 3.8) is 0 Å². The third-order valence-corrected chi connectivity index (χ3v) is 6.73. The van der Waals surface area contributed by atoms with Gasteiger partial charge in [-0.15, -0.1) is 11.3 Å². The molecule has 0 aliphatic carbocycles. The number of urea groups is 1. The molecule has 1 aliphatic rings. The van der Waals surface area contributed by atoms with Crippen molar-refractivity contribution in [2.75, 3.05) is 11.9 Å². The van der Waals surface area contributed by atoms with Gasteiger partial charge in [0.2, 0.25) is 5.91 Å². The number of nitrogens with one attached hydrogen (secondary N) is 2. The van der Waals surface area contributed by atoms with Gasteiger partial charge in [-0.25, -0.2) is 4.79 Å². The molecule has 0 saturated carbocycles. The summed E-state index contributed by atoms with van der Waals surface area (Å²) in [5, 5.41) is 7.44. The van der Waals surface area contributed by atoms with Crippen LogP contribution < -0.4 is 16.4 Å². The molecule has 7 nitrogen and oxygen atoms in total. The van der Waals surface area contributed by atoms with Gasteiger partial charge in [0.25, 0.3) is 5.91 Å². The maximum atomic E-state index is 13.2. The van der Waals surface area contributed by atoms with Crippen molar-refractivity contribution >= 4 is 34.9 Å². The van der Waals surface area contributed by atoms with Crippen molar-refractivity contribution < 1.29 is 14.4 Å². The van der Waals surface area contributed by atoms with Crippen LogP contribution >= 0.6 is 11.3 Å². The molecule has 3 rings (SSSR count). The van der Waals surface area contributed by atoms with Crippen LogP contribution in [0.15, 0.2) is 29.6 Å². The van der Waals surface area contributed by atoms with Gasteiger partial charge in [-0.2, -0.15) is 0 Å². The minimum Gasteiger partial charge on any atom is -0.352 e. The molecule has 0 spiro atoms. The number of nitrogens with zero attached hydrogens (tertiary/aromatic N) is 1. The summed E-state index contributed by atoms with van der Waals surface area (Å²) in [6.45, 7) is 6.92. The summed E-state index contributed by atoms with van der Waals surface area (Å²) in [5.41, 5.74) is 8.27. The van der Waals surface area contributed by atoms with Gasteiger partial charge in [0.1, 0.15) is 6.04 Å². The second kappa shape index (κ2) is 9.30. The van der Waals surface area contributed by atoms with Gasteiger partial charge in [-0.3, -0.25) is 9.59 Å². The second-order valence-corrected chi connectivity index (χ2v) is 8.69. The first-order valence-electron chi connectivity index (χ1n) is 10.1. The summed E-state index contributed by atoms with van der Waals surface area (Å²) in [6.07, 6.45) is 1.57. The molecule has 0 radical (unpaired) electrons. The quantitative estimate of drug-likeness (QED) is 0.658. The van der Waals surface area contributed by atoms with Crippen LogP contribution in [0.25, 0.3) is 0 Å². The maximum Gasteiger partial charge on any atom is 0.312 e. The number of hydrogen-bond donors (Lipinski definition) is 3. The fourth-order valence-corrected chi connectivity index (χ4v) is 4.55. The molecule has 4 N–H and O–H groups in total. The van der Waals surface area contributed by atoms with Gasteiger partial charge in [0.15, 0.2) is 0 Å². The zero-order valence-electron chi connectivity index (χ0n) is 17.5. The first-order valence-corrected chi connectivity index (χ1v) is 11.0. The highest BCUT2D eigenvalue weighted by Crippen LogP contribution is 2.27. The third kappa shape index (κ3) is 4.64. The molecule has 1 aromatic heterocycles. The average Bonchev–Trinajstić information content (AvgIpc) is 3.20. The van der Waals surface area contributed by atoms with Crippen LogP contribution in [0.4, 0.5) is 10.5 Å². The van der Waals surface area contributed by atoms with Crippen LogP contribution in [-0.4, -0.2) is 35.3 Å². The number of rotatable bonds is 6. The normalized spacial score (nSPS) is 15.1. The number of fused-ring (bicyclic) bond motifs is 1. The van der Waals surface area contributed by atoms with Crippen LogP contribution in [0.1, 0.15) is 46.6 Å². The molecule has 8 heteroatoms. The zero-order valence-corrected chi connectivity index (χ0v) is 18.3. The Morgan fingerprint density at radius 2 is 2.03 bits per heavy atom. The first-order chi connectivity index (χ1) is 14.3. The van der Waals surface area contributed by atoms with E-state index in [1.165, 1.54) is 10.4 Å². The number of carbonyl (C=O) groups is 3. The molecule has 4 amide bonds. The van der Waals surface area contributed by atoms with Crippen LogP contribution in [-0.2, 0) is 17.8 Å². The predicted molar refractivity (Wildman–Crippen MR) is 119 cm³/mol. The Labute approximate surface area is 180 Å². The molecule has 2 aromatic rings. The fourth-order valence-electron chi connectivity index (χ4n) is 3.66. The number of hydrogen-bond acceptors (Lipinski definition) is 4. The third-order valence-electron chi connectivity index (χ3n) is 5.71. The Balaban J connectivity index is 1.78. The van der Waals surface area contributed by atoms with E-state index in [4.69, 9.17) is 5.73 Å². The first kappa shape index (κ1) is 21.8. The highest BCUT2D eigenvalue weighted by atomic mass is 32.1. The van der Waals surface area contributed by atoms with E-state index in [-0.39, 0.29) is 17.7 Å². The van der Waals surface area contributed by atoms with Gasteiger partial charge in [-0.05, 0) is 54.0 Å². The number of nitrogens with two attached hydrogens (primary N) is 1. The lowest BCUT2D eigenvalue weighted by molar-refractivity contribution is -0.119. The maximum absolute atomic E-state index is 13.2. The van der Waals surface area contributed by atoms with E-state index in [0.29, 0.717) is 36.3 Å². The average molecular weight is 429 g/mol. The van der Waals surface area contributed by atoms with Gasteiger partial charge in [-0.1, -0.05) is 26.3 Å². The van der Waals surface area contributed by atoms with E-state index in [1.54, 1.807) is 29.5 Å². The van der Waals surface area contributed by atoms with Crippen molar-refractivity contribution in [2.45, 2.75) is 46.2 Å². The van der Waals surface area contributed by atoms with E-state index in [9.17, 15) is 14.4 Å². The van der Waals surface area contributed by atoms with Crippen LogP contribution in [0.2, 0.25) is 0 Å².